The molecule has 0 aromatic heterocycles. The molecule has 1 aliphatic rings. The lowest BCUT2D eigenvalue weighted by Gasteiger charge is -2.41. The molecule has 1 fully saturated rings. The Bertz CT molecular complexity index is 979. The monoisotopic (exact) mass is 826 g/mol. The maximum atomic E-state index is 13.0. The summed E-state index contributed by atoms with van der Waals surface area (Å²) >= 11 is 0. The van der Waals surface area contributed by atoms with Crippen molar-refractivity contribution in [1.82, 2.24) is 5.32 Å². The van der Waals surface area contributed by atoms with Crippen LogP contribution in [0.5, 0.6) is 0 Å². The van der Waals surface area contributed by atoms with Crippen LogP contribution in [0.2, 0.25) is 0 Å². The molecule has 0 aromatic carbocycles. The maximum absolute atomic E-state index is 13.0. The molecule has 0 saturated heterocycles. The van der Waals surface area contributed by atoms with Crippen molar-refractivity contribution in [3.8, 4) is 0 Å². The van der Waals surface area contributed by atoms with Crippen molar-refractivity contribution < 1.29 is 59.0 Å². The number of hydrogen-bond donors (Lipinski definition) is 9. The Labute approximate surface area is 339 Å². The number of nitrogens with one attached hydrogen (secondary N) is 1. The number of aliphatic hydroxyl groups is 7. The highest BCUT2D eigenvalue weighted by Gasteiger charge is 2.51. The van der Waals surface area contributed by atoms with Crippen molar-refractivity contribution in [3.63, 3.8) is 0 Å². The van der Waals surface area contributed by atoms with E-state index in [-0.39, 0.29) is 12.8 Å². The Morgan fingerprint density at radius 1 is 0.554 bits per heavy atom. The summed E-state index contributed by atoms with van der Waals surface area (Å²) in [6.45, 7) is 3.78. The van der Waals surface area contributed by atoms with E-state index in [4.69, 9.17) is 9.05 Å². The van der Waals surface area contributed by atoms with Gasteiger partial charge in [0.1, 0.15) is 36.6 Å². The van der Waals surface area contributed by atoms with Gasteiger partial charge in [-0.05, 0) is 12.8 Å². The number of hydrogen-bond acceptors (Lipinski definition) is 11. The summed E-state index contributed by atoms with van der Waals surface area (Å²) in [7, 11) is -5.11. The lowest BCUT2D eigenvalue weighted by atomic mass is 9.85. The van der Waals surface area contributed by atoms with Crippen LogP contribution >= 0.6 is 7.82 Å². The second-order valence-electron chi connectivity index (χ2n) is 16.4. The van der Waals surface area contributed by atoms with Crippen LogP contribution in [0.25, 0.3) is 0 Å². The van der Waals surface area contributed by atoms with Gasteiger partial charge in [0, 0.05) is 0 Å². The first-order chi connectivity index (χ1) is 26.8. The zero-order valence-corrected chi connectivity index (χ0v) is 36.0. The minimum absolute atomic E-state index is 0.216. The quantitative estimate of drug-likeness (QED) is 0.0231. The fraction of sp³-hybridized carbons (Fsp3) is 0.976. The van der Waals surface area contributed by atoms with E-state index in [9.17, 15) is 50.0 Å². The van der Waals surface area contributed by atoms with Gasteiger partial charge in [-0.15, -0.1) is 0 Å². The molecule has 1 rings (SSSR count). The topological polar surface area (TPSA) is 226 Å². The van der Waals surface area contributed by atoms with Crippen LogP contribution in [-0.2, 0) is 18.4 Å². The van der Waals surface area contributed by atoms with E-state index < -0.39 is 75.2 Å². The van der Waals surface area contributed by atoms with Crippen LogP contribution in [0.15, 0.2) is 0 Å². The third kappa shape index (κ3) is 25.0. The van der Waals surface area contributed by atoms with E-state index in [1.807, 2.05) is 0 Å². The van der Waals surface area contributed by atoms with Crippen molar-refractivity contribution in [2.75, 3.05) is 6.61 Å². The summed E-state index contributed by atoms with van der Waals surface area (Å²) in [4.78, 5) is 23.4. The van der Waals surface area contributed by atoms with Gasteiger partial charge in [0.15, 0.2) is 0 Å². The fourth-order valence-electron chi connectivity index (χ4n) is 7.48. The van der Waals surface area contributed by atoms with Crippen molar-refractivity contribution in [1.29, 1.82) is 0 Å². The SMILES string of the molecule is CCCCCCCCCCCCCCCCC(O)C(COP(=O)(O)OC1C(O)C(O)C(O)C(O)C1O)NC(=O)CC(O)CCCCCCCCCCCCCC. The van der Waals surface area contributed by atoms with Crippen molar-refractivity contribution in [2.24, 2.45) is 0 Å². The van der Waals surface area contributed by atoms with Gasteiger partial charge in [-0.25, -0.2) is 4.57 Å². The summed E-state index contributed by atoms with van der Waals surface area (Å²) in [6, 6.07) is -1.15. The second-order valence-corrected chi connectivity index (χ2v) is 17.9. The van der Waals surface area contributed by atoms with E-state index in [1.54, 1.807) is 0 Å². The molecular formula is C42H84NO12P. The predicted octanol–water partition coefficient (Wildman–Crippen LogP) is 6.87. The summed E-state index contributed by atoms with van der Waals surface area (Å²) < 4.78 is 22.9. The van der Waals surface area contributed by atoms with E-state index in [2.05, 4.69) is 19.2 Å². The number of carbonyl (C=O) groups excluding carboxylic acids is 1. The van der Waals surface area contributed by atoms with Crippen molar-refractivity contribution in [3.05, 3.63) is 0 Å². The first-order valence-electron chi connectivity index (χ1n) is 22.6. The number of aliphatic hydroxyl groups excluding tert-OH is 7. The normalized spacial score (nSPS) is 24.1. The predicted molar refractivity (Wildman–Crippen MR) is 220 cm³/mol. The van der Waals surface area contributed by atoms with Crippen molar-refractivity contribution in [2.45, 2.75) is 255 Å². The third-order valence-electron chi connectivity index (χ3n) is 11.2. The number of carbonyl (C=O) groups is 1. The van der Waals surface area contributed by atoms with E-state index in [1.165, 1.54) is 109 Å². The first kappa shape index (κ1) is 53.3. The van der Waals surface area contributed by atoms with Crippen LogP contribution in [0, 0.1) is 0 Å². The van der Waals surface area contributed by atoms with Gasteiger partial charge in [-0.2, -0.15) is 0 Å². The second kappa shape index (κ2) is 33.1. The number of phosphoric acid groups is 1. The van der Waals surface area contributed by atoms with Gasteiger partial charge in [0.05, 0.1) is 31.3 Å². The Morgan fingerprint density at radius 2 is 0.893 bits per heavy atom. The smallest absolute Gasteiger partial charge is 0.393 e. The average Bonchev–Trinajstić information content (AvgIpc) is 3.17. The van der Waals surface area contributed by atoms with E-state index in [0.29, 0.717) is 12.8 Å². The number of amides is 1. The molecule has 13 nitrogen and oxygen atoms in total. The lowest BCUT2D eigenvalue weighted by molar-refractivity contribution is -0.220. The highest BCUT2D eigenvalue weighted by molar-refractivity contribution is 7.47. The Morgan fingerprint density at radius 3 is 1.29 bits per heavy atom. The molecule has 56 heavy (non-hydrogen) atoms. The summed E-state index contributed by atoms with van der Waals surface area (Å²) in [6.07, 6.45) is 17.3. The maximum Gasteiger partial charge on any atom is 0.472 e. The third-order valence-corrected chi connectivity index (χ3v) is 12.2. The molecule has 334 valence electrons. The summed E-state index contributed by atoms with van der Waals surface area (Å²) in [5.74, 6) is -0.558. The van der Waals surface area contributed by atoms with Crippen molar-refractivity contribution >= 4 is 13.7 Å². The first-order valence-corrected chi connectivity index (χ1v) is 24.1. The van der Waals surface area contributed by atoms with Crippen LogP contribution in [-0.4, -0.2) is 108 Å². The van der Waals surface area contributed by atoms with Gasteiger partial charge in [0.2, 0.25) is 5.91 Å². The molecule has 0 aromatic rings. The minimum Gasteiger partial charge on any atom is -0.393 e. The number of unbranched alkanes of at least 4 members (excludes halogenated alkanes) is 24. The molecule has 0 bridgehead atoms. The molecule has 0 heterocycles. The zero-order chi connectivity index (χ0) is 41.6. The molecule has 1 saturated carbocycles. The molecule has 0 aliphatic heterocycles. The molecule has 8 atom stereocenters. The van der Waals surface area contributed by atoms with E-state index in [0.717, 1.165) is 51.4 Å². The summed E-state index contributed by atoms with van der Waals surface area (Å²) in [5, 5.41) is 74.5. The van der Waals surface area contributed by atoms with Gasteiger partial charge < -0.3 is 46.0 Å². The number of phosphoric ester groups is 1. The highest BCUT2D eigenvalue weighted by atomic mass is 31.2. The largest absolute Gasteiger partial charge is 0.472 e. The van der Waals surface area contributed by atoms with Crippen LogP contribution in [0.4, 0.5) is 0 Å². The van der Waals surface area contributed by atoms with Gasteiger partial charge in [-0.1, -0.05) is 181 Å². The summed E-state index contributed by atoms with van der Waals surface area (Å²) in [5.41, 5.74) is 0. The minimum atomic E-state index is -5.11. The lowest BCUT2D eigenvalue weighted by Crippen LogP contribution is -2.64. The van der Waals surface area contributed by atoms with Gasteiger partial charge in [0.25, 0.3) is 0 Å². The van der Waals surface area contributed by atoms with Crippen LogP contribution in [0.3, 0.4) is 0 Å². The Kier molecular flexibility index (Phi) is 31.5. The number of rotatable bonds is 37. The average molecular weight is 826 g/mol. The molecule has 14 heteroatoms. The molecule has 1 amide bonds. The fourth-order valence-corrected chi connectivity index (χ4v) is 8.45. The van der Waals surface area contributed by atoms with Crippen LogP contribution in [0.1, 0.15) is 200 Å². The van der Waals surface area contributed by atoms with Crippen LogP contribution < -0.4 is 5.32 Å². The van der Waals surface area contributed by atoms with Gasteiger partial charge >= 0.3 is 7.82 Å². The zero-order valence-electron chi connectivity index (χ0n) is 35.1. The van der Waals surface area contributed by atoms with E-state index >= 15 is 0 Å². The highest BCUT2D eigenvalue weighted by Crippen LogP contribution is 2.47. The molecule has 0 radical (unpaired) electrons. The molecule has 0 spiro atoms. The molecular weight excluding hydrogens is 741 g/mol. The Balaban J connectivity index is 2.55. The standard InChI is InChI=1S/C42H84NO12P/c1-3-5-7-9-11-13-15-17-18-20-22-24-26-28-30-35(45)34(32-54-56(52,53)55-42-40(50)38(48)37(47)39(49)41(42)51)43-36(46)31-33(44)29-27-25-23-21-19-16-14-12-10-8-6-4-2/h33-35,37-42,44-45,47-51H,3-32H2,1-2H3,(H,43,46)(H,52,53). The van der Waals surface area contributed by atoms with Gasteiger partial charge in [-0.3, -0.25) is 13.8 Å². The molecule has 9 N–H and O–H groups in total. The Hall–Kier alpha value is -0.700. The molecule has 8 unspecified atom stereocenters. The molecule has 1 aliphatic carbocycles.